The topological polar surface area (TPSA) is 203 Å². The van der Waals surface area contributed by atoms with Crippen LogP contribution in [0.4, 0.5) is 9.59 Å². The van der Waals surface area contributed by atoms with Gasteiger partial charge in [0.25, 0.3) is 11.8 Å². The lowest BCUT2D eigenvalue weighted by Gasteiger charge is -2.28. The number of imide groups is 1. The predicted molar refractivity (Wildman–Crippen MR) is 201 cm³/mol. The van der Waals surface area contributed by atoms with E-state index in [1.807, 2.05) is 25.8 Å². The third-order valence-electron chi connectivity index (χ3n) is 7.02. The summed E-state index contributed by atoms with van der Waals surface area (Å²) in [5, 5.41) is 5.16. The molecule has 0 aliphatic carbocycles. The van der Waals surface area contributed by atoms with Crippen molar-refractivity contribution < 1.29 is 50.3 Å². The number of nitrogens with one attached hydrogen (secondary N) is 2. The third-order valence-corrected chi connectivity index (χ3v) is 12.4. The first-order valence-electron chi connectivity index (χ1n) is 16.6. The highest BCUT2D eigenvalue weighted by molar-refractivity contribution is 7.93. The van der Waals surface area contributed by atoms with Gasteiger partial charge in [-0.1, -0.05) is 12.1 Å². The van der Waals surface area contributed by atoms with Crippen LogP contribution in [0.3, 0.4) is 0 Å². The van der Waals surface area contributed by atoms with E-state index in [2.05, 4.69) is 10.6 Å². The van der Waals surface area contributed by atoms with Crippen molar-refractivity contribution in [3.63, 3.8) is 0 Å². The molecule has 15 nitrogen and oxygen atoms in total. The van der Waals surface area contributed by atoms with Crippen molar-refractivity contribution in [3.05, 3.63) is 35.4 Å². The van der Waals surface area contributed by atoms with E-state index < -0.39 is 82.2 Å². The van der Waals surface area contributed by atoms with Gasteiger partial charge in [0.05, 0.1) is 50.8 Å². The van der Waals surface area contributed by atoms with Crippen molar-refractivity contribution in [2.75, 3.05) is 38.7 Å². The van der Waals surface area contributed by atoms with Crippen molar-refractivity contribution in [2.24, 2.45) is 0 Å². The number of hydrogen-bond acceptors (Lipinski definition) is 12. The molecule has 2 N–H and O–H groups in total. The Morgan fingerprint density at radius 1 is 0.692 bits per heavy atom. The molecule has 0 saturated heterocycles. The van der Waals surface area contributed by atoms with Crippen LogP contribution in [0.25, 0.3) is 0 Å². The van der Waals surface area contributed by atoms with E-state index in [-0.39, 0.29) is 23.4 Å². The standard InChI is InChI=1S/C20H28N2O6S.C14H30N2O4S.CH2O/c1-19(2,3)28-18(25)21-13(12-29(26,27)20(4,5)6)11-22-16(23)14-9-7-8-10-15(14)17(22)24;1-13(2,3)20-12(17)15-11(9-16(7)8)10-21(18,19)14(4,5)6;1-2/h7-10,13H,11-12H2,1-6H3,(H,21,25);11H,9-10H2,1-8H3,(H,15,17);1H2/t13-;11-;/m00./s1. The number of alkyl carbamates (subject to hydrolysis) is 2. The van der Waals surface area contributed by atoms with Gasteiger partial charge >= 0.3 is 12.2 Å². The monoisotopic (exact) mass is 776 g/mol. The van der Waals surface area contributed by atoms with E-state index in [0.29, 0.717) is 6.54 Å². The Kier molecular flexibility index (Phi) is 17.2. The molecule has 0 aromatic heterocycles. The SMILES string of the molecule is C=O.CC(C)(C)OC(=O)N[C@@H](CN1C(=O)c2ccccc2C1=O)CS(=O)(=O)C(C)(C)C.CN(C)C[C@@H](CS(=O)(=O)C(C)(C)C)NC(=O)OC(C)(C)C. The smallest absolute Gasteiger partial charge is 0.407 e. The van der Waals surface area contributed by atoms with Gasteiger partial charge in [0.2, 0.25) is 0 Å². The summed E-state index contributed by atoms with van der Waals surface area (Å²) in [7, 11) is -3.32. The van der Waals surface area contributed by atoms with Gasteiger partial charge < -0.3 is 29.8 Å². The summed E-state index contributed by atoms with van der Waals surface area (Å²) in [6.07, 6.45) is -1.42. The zero-order valence-corrected chi connectivity index (χ0v) is 34.8. The molecular weight excluding hydrogens is 717 g/mol. The maximum Gasteiger partial charge on any atom is 0.407 e. The number of sulfone groups is 2. The van der Waals surface area contributed by atoms with Crippen LogP contribution in [-0.2, 0) is 33.9 Å². The Bertz CT molecular complexity index is 1580. The van der Waals surface area contributed by atoms with Gasteiger partial charge in [-0.2, -0.15) is 0 Å². The molecule has 1 aliphatic rings. The zero-order valence-electron chi connectivity index (χ0n) is 33.2. The number of amides is 4. The molecule has 0 bridgehead atoms. The molecule has 4 amide bonds. The largest absolute Gasteiger partial charge is 0.444 e. The summed E-state index contributed by atoms with van der Waals surface area (Å²) in [6.45, 7) is 22.1. The Hall–Kier alpha value is -3.57. The Morgan fingerprint density at radius 2 is 1.02 bits per heavy atom. The van der Waals surface area contributed by atoms with Crippen molar-refractivity contribution in [3.8, 4) is 0 Å². The zero-order chi connectivity index (χ0) is 41.3. The number of fused-ring (bicyclic) bond motifs is 1. The molecule has 1 aromatic carbocycles. The highest BCUT2D eigenvalue weighted by atomic mass is 32.2. The molecule has 17 heteroatoms. The van der Waals surface area contributed by atoms with Crippen molar-refractivity contribution in [1.82, 2.24) is 20.4 Å². The molecule has 0 spiro atoms. The normalized spacial score (nSPS) is 14.9. The lowest BCUT2D eigenvalue weighted by molar-refractivity contribution is -0.0980. The van der Waals surface area contributed by atoms with Gasteiger partial charge in [0.1, 0.15) is 18.0 Å². The van der Waals surface area contributed by atoms with Crippen molar-refractivity contribution >= 4 is 50.5 Å². The van der Waals surface area contributed by atoms with Gasteiger partial charge in [-0.3, -0.25) is 14.5 Å². The van der Waals surface area contributed by atoms with Crippen LogP contribution in [0.1, 0.15) is 104 Å². The average molecular weight is 777 g/mol. The summed E-state index contributed by atoms with van der Waals surface area (Å²) >= 11 is 0. The minimum atomic E-state index is -3.65. The first kappa shape index (κ1) is 48.4. The fourth-order valence-corrected chi connectivity index (χ4v) is 6.76. The number of ether oxygens (including phenoxy) is 2. The fourth-order valence-electron chi connectivity index (χ4n) is 4.32. The predicted octanol–water partition coefficient (Wildman–Crippen LogP) is 3.86. The number of hydrogen-bond donors (Lipinski definition) is 2. The number of carbonyl (C=O) groups excluding carboxylic acids is 5. The second-order valence-corrected chi connectivity index (χ2v) is 22.1. The highest BCUT2D eigenvalue weighted by Crippen LogP contribution is 2.24. The summed E-state index contributed by atoms with van der Waals surface area (Å²) < 4.78 is 58.5. The summed E-state index contributed by atoms with van der Waals surface area (Å²) in [5.41, 5.74) is -0.887. The first-order valence-corrected chi connectivity index (χ1v) is 19.9. The molecule has 2 rings (SSSR count). The number of benzene rings is 1. The minimum absolute atomic E-state index is 0.117. The fraction of sp³-hybridized carbons (Fsp3) is 0.686. The van der Waals surface area contributed by atoms with Crippen LogP contribution >= 0.6 is 0 Å². The molecule has 0 radical (unpaired) electrons. The van der Waals surface area contributed by atoms with Crippen LogP contribution in [0.2, 0.25) is 0 Å². The molecule has 1 heterocycles. The average Bonchev–Trinajstić information content (AvgIpc) is 3.15. The van der Waals surface area contributed by atoms with Gasteiger partial charge in [0.15, 0.2) is 19.7 Å². The molecule has 0 fully saturated rings. The summed E-state index contributed by atoms with van der Waals surface area (Å²) in [4.78, 5) is 60.1. The van der Waals surface area contributed by atoms with E-state index in [4.69, 9.17) is 14.3 Å². The van der Waals surface area contributed by atoms with Gasteiger partial charge in [-0.15, -0.1) is 0 Å². The second kappa shape index (κ2) is 18.5. The molecule has 1 aliphatic heterocycles. The second-order valence-electron chi connectivity index (χ2n) is 16.5. The first-order chi connectivity index (χ1) is 23.3. The molecular formula is C35H60N4O11S2. The number of nitrogens with zero attached hydrogens (tertiary/aromatic N) is 2. The molecule has 0 saturated carbocycles. The van der Waals surface area contributed by atoms with Gasteiger partial charge in [-0.05, 0) is 109 Å². The van der Waals surface area contributed by atoms with E-state index in [1.54, 1.807) is 95.2 Å². The summed E-state index contributed by atoms with van der Waals surface area (Å²) in [5.74, 6) is -1.60. The minimum Gasteiger partial charge on any atom is -0.444 e. The van der Waals surface area contributed by atoms with E-state index in [1.165, 1.54) is 12.1 Å². The molecule has 52 heavy (non-hydrogen) atoms. The van der Waals surface area contributed by atoms with E-state index in [0.717, 1.165) is 4.90 Å². The van der Waals surface area contributed by atoms with E-state index in [9.17, 15) is 36.0 Å². The lowest BCUT2D eigenvalue weighted by Crippen LogP contribution is -2.51. The Morgan fingerprint density at radius 3 is 1.33 bits per heavy atom. The van der Waals surface area contributed by atoms with Crippen LogP contribution in [0, 0.1) is 0 Å². The van der Waals surface area contributed by atoms with Crippen molar-refractivity contribution in [1.29, 1.82) is 0 Å². The highest BCUT2D eigenvalue weighted by Gasteiger charge is 2.40. The Balaban J connectivity index is 0.00000100. The van der Waals surface area contributed by atoms with Crippen molar-refractivity contribution in [2.45, 2.75) is 116 Å². The third kappa shape index (κ3) is 16.0. The van der Waals surface area contributed by atoms with Gasteiger partial charge in [-0.25, -0.2) is 26.4 Å². The van der Waals surface area contributed by atoms with Crippen LogP contribution in [0.5, 0.6) is 0 Å². The molecule has 1 aromatic rings. The maximum atomic E-state index is 12.7. The quantitative estimate of drug-likeness (QED) is 0.326. The summed E-state index contributed by atoms with van der Waals surface area (Å²) in [6, 6.07) is 4.84. The van der Waals surface area contributed by atoms with Crippen LogP contribution < -0.4 is 10.6 Å². The number of rotatable bonds is 10. The maximum absolute atomic E-state index is 12.7. The van der Waals surface area contributed by atoms with Gasteiger partial charge in [0, 0.05) is 6.54 Å². The Labute approximate surface area is 310 Å². The molecule has 298 valence electrons. The molecule has 2 atom stereocenters. The number of carbonyl (C=O) groups is 5. The van der Waals surface area contributed by atoms with E-state index >= 15 is 0 Å². The van der Waals surface area contributed by atoms with Crippen LogP contribution in [-0.4, -0.2) is 129 Å². The van der Waals surface area contributed by atoms with Crippen LogP contribution in [0.15, 0.2) is 24.3 Å². The lowest BCUT2D eigenvalue weighted by atomic mass is 10.1. The molecule has 0 unspecified atom stereocenters. The number of likely N-dealkylation sites (N-methyl/N-ethyl adjacent to an activating group) is 1.